The number of benzene rings is 2. The quantitative estimate of drug-likeness (QED) is 0.344. The molecule has 0 aliphatic heterocycles. The van der Waals surface area contributed by atoms with E-state index in [4.69, 9.17) is 9.15 Å². The molecule has 1 amide bonds. The summed E-state index contributed by atoms with van der Waals surface area (Å²) in [5.41, 5.74) is 0.757. The molecular weight excluding hydrogens is 431 g/mol. The van der Waals surface area contributed by atoms with Crippen molar-refractivity contribution in [2.45, 2.75) is 13.5 Å². The van der Waals surface area contributed by atoms with Crippen LogP contribution in [-0.2, 0) is 6.54 Å². The molecule has 0 aliphatic carbocycles. The predicted octanol–water partition coefficient (Wildman–Crippen LogP) is 5.12. The van der Waals surface area contributed by atoms with Crippen molar-refractivity contribution in [1.82, 2.24) is 14.8 Å². The minimum atomic E-state index is -0.422. The first kappa shape index (κ1) is 20.2. The largest absolute Gasteiger partial charge is 0.490 e. The number of furan rings is 1. The molecule has 9 heteroatoms. The molecule has 0 unspecified atom stereocenters. The highest BCUT2D eigenvalue weighted by atomic mass is 32.1. The number of rotatable bonds is 7. The minimum Gasteiger partial charge on any atom is -0.490 e. The third-order valence-electron chi connectivity index (χ3n) is 4.97. The van der Waals surface area contributed by atoms with E-state index in [-0.39, 0.29) is 23.7 Å². The van der Waals surface area contributed by atoms with Crippen molar-refractivity contribution >= 4 is 43.6 Å². The standard InChI is InChI=1S/C23H19FN4O3S/c1-2-30-17-8-3-6-15-14-18(31-21(15)17)22(29)28(13-12-27-11-5-10-25-27)23-26-20-16(24)7-4-9-19(20)32-23/h3-11,14H,2,12-13H2,1H3. The number of carbonyl (C=O) groups excluding carboxylic acids is 1. The lowest BCUT2D eigenvalue weighted by Crippen LogP contribution is -2.33. The topological polar surface area (TPSA) is 73.4 Å². The van der Waals surface area contributed by atoms with Crippen LogP contribution in [0.1, 0.15) is 17.5 Å². The number of thiazole rings is 1. The maximum Gasteiger partial charge on any atom is 0.295 e. The molecule has 3 heterocycles. The lowest BCUT2D eigenvalue weighted by atomic mass is 10.2. The first-order valence-electron chi connectivity index (χ1n) is 10.1. The van der Waals surface area contributed by atoms with Crippen LogP contribution in [0, 0.1) is 5.82 Å². The van der Waals surface area contributed by atoms with Crippen LogP contribution < -0.4 is 9.64 Å². The molecule has 0 aliphatic rings. The molecule has 3 aromatic heterocycles. The number of ether oxygens (including phenoxy) is 1. The van der Waals surface area contributed by atoms with Gasteiger partial charge in [-0.1, -0.05) is 29.5 Å². The summed E-state index contributed by atoms with van der Waals surface area (Å²) in [6.07, 6.45) is 3.49. The maximum absolute atomic E-state index is 14.2. The highest BCUT2D eigenvalue weighted by molar-refractivity contribution is 7.22. The molecule has 2 aromatic carbocycles. The number of hydrogen-bond donors (Lipinski definition) is 0. The summed E-state index contributed by atoms with van der Waals surface area (Å²) in [6.45, 7) is 3.10. The summed E-state index contributed by atoms with van der Waals surface area (Å²) in [4.78, 5) is 19.5. The third kappa shape index (κ3) is 3.71. The number of aromatic nitrogens is 3. The van der Waals surface area contributed by atoms with Gasteiger partial charge in [0.2, 0.25) is 0 Å². The number of nitrogens with zero attached hydrogens (tertiary/aromatic N) is 4. The normalized spacial score (nSPS) is 11.3. The van der Waals surface area contributed by atoms with Gasteiger partial charge in [-0.25, -0.2) is 9.37 Å². The van der Waals surface area contributed by atoms with Gasteiger partial charge >= 0.3 is 0 Å². The number of anilines is 1. The minimum absolute atomic E-state index is 0.160. The smallest absolute Gasteiger partial charge is 0.295 e. The van der Waals surface area contributed by atoms with Gasteiger partial charge in [0, 0.05) is 24.3 Å². The van der Waals surface area contributed by atoms with Crippen molar-refractivity contribution in [1.29, 1.82) is 0 Å². The average Bonchev–Trinajstić information content (AvgIpc) is 3.54. The van der Waals surface area contributed by atoms with E-state index in [0.29, 0.717) is 34.3 Å². The molecule has 5 aromatic rings. The molecule has 0 bridgehead atoms. The zero-order valence-corrected chi connectivity index (χ0v) is 18.0. The van der Waals surface area contributed by atoms with E-state index in [1.54, 1.807) is 35.1 Å². The molecule has 0 saturated carbocycles. The Bertz CT molecular complexity index is 1390. The number of fused-ring (bicyclic) bond motifs is 2. The summed E-state index contributed by atoms with van der Waals surface area (Å²) >= 11 is 1.26. The van der Waals surface area contributed by atoms with Crippen LogP contribution in [-0.4, -0.2) is 33.8 Å². The van der Waals surface area contributed by atoms with Crippen molar-refractivity contribution in [3.05, 3.63) is 72.5 Å². The number of amides is 1. The number of carbonyl (C=O) groups is 1. The van der Waals surface area contributed by atoms with E-state index in [2.05, 4.69) is 10.1 Å². The van der Waals surface area contributed by atoms with Gasteiger partial charge in [0.15, 0.2) is 22.2 Å². The Morgan fingerprint density at radius 1 is 1.25 bits per heavy atom. The Morgan fingerprint density at radius 3 is 2.91 bits per heavy atom. The van der Waals surface area contributed by atoms with Gasteiger partial charge in [0.05, 0.1) is 17.9 Å². The fraction of sp³-hybridized carbons (Fsp3) is 0.174. The lowest BCUT2D eigenvalue weighted by Gasteiger charge is -2.18. The summed E-state index contributed by atoms with van der Waals surface area (Å²) in [5, 5.41) is 5.36. The Morgan fingerprint density at radius 2 is 2.12 bits per heavy atom. The van der Waals surface area contributed by atoms with Gasteiger partial charge in [0.1, 0.15) is 11.3 Å². The van der Waals surface area contributed by atoms with Gasteiger partial charge in [-0.05, 0) is 37.3 Å². The van der Waals surface area contributed by atoms with Crippen LogP contribution in [0.3, 0.4) is 0 Å². The molecule has 0 fully saturated rings. The zero-order chi connectivity index (χ0) is 22.1. The molecule has 0 N–H and O–H groups in total. The molecular formula is C23H19FN4O3S. The SMILES string of the molecule is CCOc1cccc2cc(C(=O)N(CCn3cccn3)c3nc4c(F)cccc4s3)oc12. The average molecular weight is 450 g/mol. The van der Waals surface area contributed by atoms with E-state index in [0.717, 1.165) is 5.39 Å². The van der Waals surface area contributed by atoms with E-state index in [9.17, 15) is 9.18 Å². The Hall–Kier alpha value is -3.72. The van der Waals surface area contributed by atoms with Crippen LogP contribution in [0.4, 0.5) is 9.52 Å². The van der Waals surface area contributed by atoms with E-state index >= 15 is 0 Å². The monoisotopic (exact) mass is 450 g/mol. The van der Waals surface area contributed by atoms with Crippen molar-refractivity contribution in [3.8, 4) is 5.75 Å². The summed E-state index contributed by atoms with van der Waals surface area (Å²) in [5.74, 6) is -0.0496. The Balaban J connectivity index is 1.54. The third-order valence-corrected chi connectivity index (χ3v) is 6.01. The van der Waals surface area contributed by atoms with Crippen LogP contribution in [0.15, 0.2) is 65.3 Å². The Labute approximate surface area is 186 Å². The summed E-state index contributed by atoms with van der Waals surface area (Å²) in [6, 6.07) is 13.8. The van der Waals surface area contributed by atoms with Crippen molar-refractivity contribution in [3.63, 3.8) is 0 Å². The summed E-state index contributed by atoms with van der Waals surface area (Å²) < 4.78 is 28.2. The van der Waals surface area contributed by atoms with Crippen molar-refractivity contribution in [2.75, 3.05) is 18.1 Å². The van der Waals surface area contributed by atoms with Crippen LogP contribution in [0.2, 0.25) is 0 Å². The van der Waals surface area contributed by atoms with Gasteiger partial charge in [-0.15, -0.1) is 0 Å². The van der Waals surface area contributed by atoms with Gasteiger partial charge in [0.25, 0.3) is 5.91 Å². The molecule has 0 saturated heterocycles. The highest BCUT2D eigenvalue weighted by Gasteiger charge is 2.25. The number of para-hydroxylation sites is 2. The zero-order valence-electron chi connectivity index (χ0n) is 17.2. The maximum atomic E-state index is 14.2. The van der Waals surface area contributed by atoms with E-state index < -0.39 is 5.82 Å². The molecule has 5 rings (SSSR count). The van der Waals surface area contributed by atoms with Crippen LogP contribution in [0.5, 0.6) is 5.75 Å². The van der Waals surface area contributed by atoms with Crippen molar-refractivity contribution in [2.24, 2.45) is 0 Å². The second-order valence-electron chi connectivity index (χ2n) is 7.03. The van der Waals surface area contributed by atoms with Crippen LogP contribution >= 0.6 is 11.3 Å². The first-order valence-corrected chi connectivity index (χ1v) is 11.0. The van der Waals surface area contributed by atoms with Gasteiger partial charge < -0.3 is 9.15 Å². The number of halogens is 1. The first-order chi connectivity index (χ1) is 15.6. The molecule has 32 heavy (non-hydrogen) atoms. The fourth-order valence-corrected chi connectivity index (χ4v) is 4.49. The van der Waals surface area contributed by atoms with Gasteiger partial charge in [-0.2, -0.15) is 5.10 Å². The number of hydrogen-bond acceptors (Lipinski definition) is 6. The van der Waals surface area contributed by atoms with E-state index in [1.807, 2.05) is 31.3 Å². The highest BCUT2D eigenvalue weighted by Crippen LogP contribution is 2.33. The lowest BCUT2D eigenvalue weighted by molar-refractivity contribution is 0.0961. The van der Waals surface area contributed by atoms with Crippen molar-refractivity contribution < 1.29 is 18.3 Å². The fourth-order valence-electron chi connectivity index (χ4n) is 3.48. The van der Waals surface area contributed by atoms with Crippen LogP contribution in [0.25, 0.3) is 21.2 Å². The van der Waals surface area contributed by atoms with E-state index in [1.165, 1.54) is 22.3 Å². The second kappa shape index (κ2) is 8.43. The Kier molecular flexibility index (Phi) is 5.32. The predicted molar refractivity (Wildman–Crippen MR) is 121 cm³/mol. The molecule has 0 spiro atoms. The van der Waals surface area contributed by atoms with Gasteiger partial charge in [-0.3, -0.25) is 14.4 Å². The molecule has 0 radical (unpaired) electrons. The molecule has 162 valence electrons. The second-order valence-corrected chi connectivity index (χ2v) is 8.04. The summed E-state index contributed by atoms with van der Waals surface area (Å²) in [7, 11) is 0. The molecule has 0 atom stereocenters. The molecule has 7 nitrogen and oxygen atoms in total.